The first-order chi connectivity index (χ1) is 58.6. The van der Waals surface area contributed by atoms with Crippen molar-refractivity contribution in [3.8, 4) is 57.3 Å². The summed E-state index contributed by atoms with van der Waals surface area (Å²) >= 11 is 13.1. The van der Waals surface area contributed by atoms with Crippen molar-refractivity contribution in [2.75, 3.05) is 41.5 Å². The summed E-state index contributed by atoms with van der Waals surface area (Å²) in [4.78, 5) is 128. The summed E-state index contributed by atoms with van der Waals surface area (Å²) in [6, 6.07) is 23.4. The van der Waals surface area contributed by atoms with Gasteiger partial charge in [0.2, 0.25) is 55.4 Å². The summed E-state index contributed by atoms with van der Waals surface area (Å²) in [5.74, 6) is -3.59. The fourth-order valence-electron chi connectivity index (χ4n) is 18.2. The predicted octanol–water partition coefficient (Wildman–Crippen LogP) is 15.7. The summed E-state index contributed by atoms with van der Waals surface area (Å²) in [5.41, 5.74) is -1.64. The Hall–Kier alpha value is -9.38. The van der Waals surface area contributed by atoms with E-state index in [4.69, 9.17) is 71.1 Å². The first-order valence-electron chi connectivity index (χ1n) is 43.2. The molecule has 0 radical (unpaired) electrons. The molecule has 2 aromatic heterocycles. The molecule has 4 aliphatic carbocycles. The molecule has 0 unspecified atom stereocenters. The highest BCUT2D eigenvalue weighted by molar-refractivity contribution is 7.91. The lowest BCUT2D eigenvalue weighted by Crippen LogP contribution is -2.47. The second-order valence-electron chi connectivity index (χ2n) is 37.5. The van der Waals surface area contributed by atoms with E-state index >= 15 is 9.59 Å². The molecule has 4 amide bonds. The van der Waals surface area contributed by atoms with Crippen molar-refractivity contribution >= 4 is 112 Å². The number of Topliss-reactive ketones (excluding diaryl/α,β-unsaturated/α-hetero) is 2. The van der Waals surface area contributed by atoms with Crippen molar-refractivity contribution in [2.24, 2.45) is 58.2 Å². The van der Waals surface area contributed by atoms with Crippen molar-refractivity contribution in [3.63, 3.8) is 0 Å². The van der Waals surface area contributed by atoms with Gasteiger partial charge in [-0.05, 0) is 250 Å². The number of allylic oxidation sites excluding steroid dienone is 4. The van der Waals surface area contributed by atoms with E-state index in [9.17, 15) is 45.6 Å². The molecule has 8 aliphatic rings. The maximum Gasteiger partial charge on any atom is 0.307 e. The van der Waals surface area contributed by atoms with Crippen molar-refractivity contribution in [1.82, 2.24) is 29.2 Å². The summed E-state index contributed by atoms with van der Waals surface area (Å²) in [6.07, 6.45) is 12.5. The average molecular weight is 1790 g/mol. The van der Waals surface area contributed by atoms with Crippen LogP contribution in [-0.2, 0) is 67.9 Å². The largest absolute Gasteiger partial charge is 0.497 e. The van der Waals surface area contributed by atoms with Crippen LogP contribution in [0, 0.1) is 58.2 Å². The molecule has 6 fully saturated rings. The highest BCUT2D eigenvalue weighted by atomic mass is 35.5. The molecular formula is C94H116Cl2N6O20S2. The van der Waals surface area contributed by atoms with Crippen LogP contribution in [0.2, 0.25) is 10.0 Å². The van der Waals surface area contributed by atoms with E-state index in [1.54, 1.807) is 92.2 Å². The molecule has 4 aromatic carbocycles. The Bertz CT molecular complexity index is 5080. The Kier molecular flexibility index (Phi) is 27.7. The molecule has 4 saturated carbocycles. The van der Waals surface area contributed by atoms with Gasteiger partial charge in [0.25, 0.3) is 0 Å². The lowest BCUT2D eigenvalue weighted by Gasteiger charge is -2.32. The Morgan fingerprint density at radius 2 is 0.879 bits per heavy atom. The van der Waals surface area contributed by atoms with Gasteiger partial charge in [-0.3, -0.25) is 47.8 Å². The Morgan fingerprint density at radius 3 is 1.22 bits per heavy atom. The minimum atomic E-state index is -3.89. The maximum atomic E-state index is 15.1. The van der Waals surface area contributed by atoms with Crippen LogP contribution < -0.4 is 37.9 Å². The van der Waals surface area contributed by atoms with Gasteiger partial charge in [-0.15, -0.1) is 0 Å². The monoisotopic (exact) mass is 1780 g/mol. The third-order valence-corrected chi connectivity index (χ3v) is 29.6. The number of methoxy groups -OCH3 is 4. The number of nitrogens with one attached hydrogen (secondary N) is 2. The second-order valence-corrected chi connectivity index (χ2v) is 42.2. The Balaban J connectivity index is 0.000000213. The molecule has 124 heavy (non-hydrogen) atoms. The van der Waals surface area contributed by atoms with E-state index < -0.39 is 112 Å². The summed E-state index contributed by atoms with van der Waals surface area (Å²) < 4.78 is 104. The zero-order valence-corrected chi connectivity index (χ0v) is 76.3. The number of nitrogens with zero attached hydrogens (tertiary/aromatic N) is 4. The fraction of sp³-hybridized carbons (Fsp3) is 0.553. The number of ether oxygens (including phenoxy) is 8. The minimum absolute atomic E-state index is 0.00115. The van der Waals surface area contributed by atoms with Crippen LogP contribution in [0.1, 0.15) is 185 Å². The first kappa shape index (κ1) is 92.3. The van der Waals surface area contributed by atoms with Gasteiger partial charge < -0.3 is 47.7 Å². The van der Waals surface area contributed by atoms with Crippen molar-refractivity contribution in [1.29, 1.82) is 0 Å². The van der Waals surface area contributed by atoms with Crippen LogP contribution in [0.3, 0.4) is 0 Å². The third kappa shape index (κ3) is 21.6. The van der Waals surface area contributed by atoms with Gasteiger partial charge in [0, 0.05) is 47.6 Å². The van der Waals surface area contributed by atoms with Crippen LogP contribution in [0.15, 0.2) is 109 Å². The number of aromatic nitrogens is 2. The number of hydrogen-bond acceptors (Lipinski definition) is 22. The molecule has 14 rings (SSSR count). The third-order valence-electron chi connectivity index (χ3n) is 25.4. The average Bonchev–Trinajstić information content (AvgIpc) is 1.57. The lowest BCUT2D eigenvalue weighted by atomic mass is 9.82. The molecular weight excluding hydrogens is 1670 g/mol. The molecule has 2 saturated heterocycles. The Morgan fingerprint density at radius 1 is 0.500 bits per heavy atom. The molecule has 26 nitrogen and oxygen atoms in total. The van der Waals surface area contributed by atoms with E-state index in [1.165, 1.54) is 24.0 Å². The van der Waals surface area contributed by atoms with Gasteiger partial charge in [-0.1, -0.05) is 75.2 Å². The molecule has 30 heteroatoms. The first-order valence-corrected chi connectivity index (χ1v) is 47.0. The van der Waals surface area contributed by atoms with E-state index in [0.29, 0.717) is 131 Å². The van der Waals surface area contributed by atoms with Gasteiger partial charge in [0.05, 0.1) is 121 Å². The maximum absolute atomic E-state index is 15.1. The molecule has 4 aliphatic heterocycles. The zero-order chi connectivity index (χ0) is 89.4. The summed E-state index contributed by atoms with van der Waals surface area (Å²) in [5, 5.41) is 2.41. The number of esters is 2. The van der Waals surface area contributed by atoms with Crippen LogP contribution in [-0.4, -0.2) is 171 Å². The van der Waals surface area contributed by atoms with Crippen LogP contribution in [0.4, 0.5) is 0 Å². The van der Waals surface area contributed by atoms with Gasteiger partial charge in [0.15, 0.2) is 11.6 Å². The quantitative estimate of drug-likeness (QED) is 0.0529. The smallest absolute Gasteiger partial charge is 0.307 e. The molecule has 668 valence electrons. The topological polar surface area (TPSA) is 335 Å². The van der Waals surface area contributed by atoms with Gasteiger partial charge >= 0.3 is 11.9 Å². The second kappa shape index (κ2) is 37.3. The predicted molar refractivity (Wildman–Crippen MR) is 471 cm³/mol. The SMILES string of the molecule is COc1ccc2c(O[C@@H]3C[C@H]4C(=O)C[C@]5(C(=O)NS(=O)(=O)C6CC6)C[C@H]5/C=C\CC[C@@H](C)C[C@@H](C)[C@H](CC(=O)OC(C)(C)C)C(=O)N4C3)nc(-c3ccc(OC)c(Cl)c3)cc2c1.COc1ccc2c(O[C@@H]3C[C@H]4C(=O)C[C@]5(C(=O)NS(=O)(=O)C6CC6)C[C@H]5/C=C\CC[C@H](C)C[C@@H](C)[C@H](CC(=O)OC(C)(C)C)C(=O)N4C3)nc(-c3ccc(OC)c(Cl)c3)cc2c1. The van der Waals surface area contributed by atoms with Gasteiger partial charge in [-0.25, -0.2) is 26.8 Å². The standard InChI is InChI=1S/2C47H58ClN3O10S/c2*1-27-10-8-9-11-31-24-47(31,45(55)50-62(56,57)34-14-15-34)25-40(52)39-22-33(26-51(39)44(54)36(28(2)18-27)23-42(53)61-46(3,4)5)60-43-35-16-13-32(58-6)19-30(35)21-38(49-43)29-12-17-41(59-7)37(48)20-29/h2*9,11-13,16-17,19-21,27-28,31,33-34,36,39H,8,10,14-15,18,22-26H2,1-7H3,(H,50,55)/b2*11-9-/t27-,28+,31+,33+,36-,39-,47+;27-,28-,31-,33-,36+,39+,47-/m01/s1. The van der Waals surface area contributed by atoms with Crippen LogP contribution >= 0.6 is 23.2 Å². The van der Waals surface area contributed by atoms with Crippen LogP contribution in [0.25, 0.3) is 44.1 Å². The van der Waals surface area contributed by atoms with E-state index in [-0.39, 0.29) is 122 Å². The minimum Gasteiger partial charge on any atom is -0.497 e. The molecule has 6 aromatic rings. The van der Waals surface area contributed by atoms with E-state index in [2.05, 4.69) is 23.3 Å². The number of ketones is 2. The number of carbonyl (C=O) groups is 8. The molecule has 0 spiro atoms. The van der Waals surface area contributed by atoms with E-state index in [1.807, 2.05) is 86.7 Å². The zero-order valence-electron chi connectivity index (χ0n) is 73.1. The number of rotatable bonds is 20. The fourth-order valence-corrected chi connectivity index (χ4v) is 21.5. The normalized spacial score (nSPS) is 27.6. The number of sulfonamides is 2. The number of fused-ring (bicyclic) bond motifs is 6. The summed E-state index contributed by atoms with van der Waals surface area (Å²) in [6.45, 7) is 18.8. The highest BCUT2D eigenvalue weighted by Gasteiger charge is 2.64. The van der Waals surface area contributed by atoms with Gasteiger partial charge in [0.1, 0.15) is 46.4 Å². The Labute approximate surface area is 736 Å². The number of carbonyl (C=O) groups excluding carboxylic acids is 8. The molecule has 2 N–H and O–H groups in total. The van der Waals surface area contributed by atoms with E-state index in [0.717, 1.165) is 23.6 Å². The highest BCUT2D eigenvalue weighted by Crippen LogP contribution is 2.59. The molecule has 0 bridgehead atoms. The van der Waals surface area contributed by atoms with Gasteiger partial charge in [-0.2, -0.15) is 0 Å². The van der Waals surface area contributed by atoms with Crippen LogP contribution in [0.5, 0.6) is 34.8 Å². The summed E-state index contributed by atoms with van der Waals surface area (Å²) in [7, 11) is -1.55. The number of pyridine rings is 2. The van der Waals surface area contributed by atoms with Crippen molar-refractivity contribution in [2.45, 2.75) is 231 Å². The number of hydrogen-bond donors (Lipinski definition) is 2. The number of benzene rings is 4. The van der Waals surface area contributed by atoms with Crippen molar-refractivity contribution in [3.05, 3.63) is 119 Å². The molecule has 14 atom stereocenters. The van der Waals surface area contributed by atoms with Crippen molar-refractivity contribution < 1.29 is 93.1 Å². The number of halogens is 2. The molecule has 6 heterocycles. The lowest BCUT2D eigenvalue weighted by molar-refractivity contribution is -0.160. The number of amides is 4.